The molecule has 0 saturated heterocycles. The molecule has 0 spiro atoms. The Morgan fingerprint density at radius 1 is 1.05 bits per heavy atom. The first-order valence-electron chi connectivity index (χ1n) is 6.62. The van der Waals surface area contributed by atoms with Crippen LogP contribution in [0.5, 0.6) is 0 Å². The molecule has 0 heterocycles. The van der Waals surface area contributed by atoms with E-state index in [9.17, 15) is 13.2 Å². The number of carbonyl (C=O) groups excluding carboxylic acids is 1. The van der Waals surface area contributed by atoms with Gasteiger partial charge in [-0.15, -0.1) is 0 Å². The van der Waals surface area contributed by atoms with E-state index in [0.29, 0.717) is 11.3 Å². The molecule has 0 atom stereocenters. The van der Waals surface area contributed by atoms with E-state index in [1.54, 1.807) is 31.2 Å². The number of esters is 1. The number of anilines is 1. The van der Waals surface area contributed by atoms with E-state index in [0.717, 1.165) is 5.56 Å². The summed E-state index contributed by atoms with van der Waals surface area (Å²) in [7, 11) is -2.43. The normalized spacial score (nSPS) is 11.0. The van der Waals surface area contributed by atoms with E-state index in [1.807, 2.05) is 6.92 Å². The SMILES string of the molecule is COC(=O)c1ccc(C)c(NS(=O)(=O)c2ccc(C)cc2)c1. The van der Waals surface area contributed by atoms with Gasteiger partial charge in [-0.1, -0.05) is 23.8 Å². The lowest BCUT2D eigenvalue weighted by atomic mass is 10.1. The van der Waals surface area contributed by atoms with Crippen LogP contribution >= 0.6 is 0 Å². The maximum atomic E-state index is 12.4. The van der Waals surface area contributed by atoms with Crippen molar-refractivity contribution >= 4 is 21.7 Å². The number of sulfonamides is 1. The van der Waals surface area contributed by atoms with Gasteiger partial charge >= 0.3 is 5.97 Å². The number of ether oxygens (including phenoxy) is 1. The second-order valence-electron chi connectivity index (χ2n) is 4.94. The summed E-state index contributed by atoms with van der Waals surface area (Å²) < 4.78 is 31.9. The van der Waals surface area contributed by atoms with Crippen molar-refractivity contribution < 1.29 is 17.9 Å². The van der Waals surface area contributed by atoms with Crippen LogP contribution in [-0.2, 0) is 14.8 Å². The number of carbonyl (C=O) groups is 1. The molecule has 0 aromatic heterocycles. The molecule has 2 aromatic rings. The van der Waals surface area contributed by atoms with Crippen molar-refractivity contribution in [2.24, 2.45) is 0 Å². The Morgan fingerprint density at radius 3 is 2.27 bits per heavy atom. The fourth-order valence-electron chi connectivity index (χ4n) is 1.90. The summed E-state index contributed by atoms with van der Waals surface area (Å²) in [6.07, 6.45) is 0. The number of hydrogen-bond acceptors (Lipinski definition) is 4. The van der Waals surface area contributed by atoms with E-state index in [4.69, 9.17) is 0 Å². The summed E-state index contributed by atoms with van der Waals surface area (Å²) in [6.45, 7) is 3.64. The fourth-order valence-corrected chi connectivity index (χ4v) is 3.02. The van der Waals surface area contributed by atoms with Gasteiger partial charge < -0.3 is 4.74 Å². The van der Waals surface area contributed by atoms with Crippen LogP contribution in [0.15, 0.2) is 47.4 Å². The molecule has 6 heteroatoms. The number of aryl methyl sites for hydroxylation is 2. The van der Waals surface area contributed by atoms with Gasteiger partial charge in [-0.05, 0) is 43.7 Å². The highest BCUT2D eigenvalue weighted by Crippen LogP contribution is 2.22. The molecule has 0 radical (unpaired) electrons. The Bertz CT molecular complexity index is 795. The van der Waals surface area contributed by atoms with Gasteiger partial charge in [-0.2, -0.15) is 0 Å². The first-order valence-corrected chi connectivity index (χ1v) is 8.10. The number of methoxy groups -OCH3 is 1. The maximum Gasteiger partial charge on any atom is 0.337 e. The van der Waals surface area contributed by atoms with Crippen molar-refractivity contribution in [3.63, 3.8) is 0 Å². The molecular weight excluding hydrogens is 302 g/mol. The number of nitrogens with one attached hydrogen (secondary N) is 1. The molecule has 1 N–H and O–H groups in total. The van der Waals surface area contributed by atoms with Crippen LogP contribution in [0.4, 0.5) is 5.69 Å². The van der Waals surface area contributed by atoms with Gasteiger partial charge in [0.2, 0.25) is 0 Å². The van der Waals surface area contributed by atoms with Gasteiger partial charge in [0.1, 0.15) is 0 Å². The molecule has 116 valence electrons. The quantitative estimate of drug-likeness (QED) is 0.880. The van der Waals surface area contributed by atoms with Crippen molar-refractivity contribution in [2.45, 2.75) is 18.7 Å². The summed E-state index contributed by atoms with van der Waals surface area (Å²) in [4.78, 5) is 11.7. The molecule has 0 fully saturated rings. The van der Waals surface area contributed by atoms with E-state index in [-0.39, 0.29) is 10.5 Å². The Kier molecular flexibility index (Phi) is 4.51. The van der Waals surface area contributed by atoms with Gasteiger partial charge in [0.05, 0.1) is 23.3 Å². The highest BCUT2D eigenvalue weighted by molar-refractivity contribution is 7.92. The predicted octanol–water partition coefficient (Wildman–Crippen LogP) is 2.89. The smallest absolute Gasteiger partial charge is 0.337 e. The molecule has 5 nitrogen and oxygen atoms in total. The third-order valence-electron chi connectivity index (χ3n) is 3.23. The zero-order chi connectivity index (χ0) is 16.3. The van der Waals surface area contributed by atoms with Gasteiger partial charge in [-0.3, -0.25) is 4.72 Å². The minimum Gasteiger partial charge on any atom is -0.465 e. The van der Waals surface area contributed by atoms with Crippen molar-refractivity contribution in [2.75, 3.05) is 11.8 Å². The first kappa shape index (κ1) is 16.0. The summed E-state index contributed by atoms with van der Waals surface area (Å²) in [6, 6.07) is 11.3. The van der Waals surface area contributed by atoms with Crippen LogP contribution in [0.2, 0.25) is 0 Å². The van der Waals surface area contributed by atoms with Crippen molar-refractivity contribution in [1.29, 1.82) is 0 Å². The Morgan fingerprint density at radius 2 is 1.68 bits per heavy atom. The summed E-state index contributed by atoms with van der Waals surface area (Å²) in [5.74, 6) is -0.518. The average molecular weight is 319 g/mol. The van der Waals surface area contributed by atoms with E-state index in [1.165, 1.54) is 25.3 Å². The summed E-state index contributed by atoms with van der Waals surface area (Å²) >= 11 is 0. The Balaban J connectivity index is 2.37. The van der Waals surface area contributed by atoms with E-state index in [2.05, 4.69) is 9.46 Å². The predicted molar refractivity (Wildman–Crippen MR) is 84.5 cm³/mol. The van der Waals surface area contributed by atoms with E-state index >= 15 is 0 Å². The first-order chi connectivity index (χ1) is 10.3. The lowest BCUT2D eigenvalue weighted by Gasteiger charge is -2.12. The van der Waals surface area contributed by atoms with Gasteiger partial charge in [0.25, 0.3) is 10.0 Å². The van der Waals surface area contributed by atoms with Gasteiger partial charge in [0.15, 0.2) is 0 Å². The van der Waals surface area contributed by atoms with Gasteiger partial charge in [0, 0.05) is 0 Å². The Hall–Kier alpha value is -2.34. The maximum absolute atomic E-state index is 12.4. The molecule has 0 aliphatic carbocycles. The number of hydrogen-bond donors (Lipinski definition) is 1. The lowest BCUT2D eigenvalue weighted by molar-refractivity contribution is 0.0601. The van der Waals surface area contributed by atoms with Crippen LogP contribution in [0.1, 0.15) is 21.5 Å². The lowest BCUT2D eigenvalue weighted by Crippen LogP contribution is -2.14. The third-order valence-corrected chi connectivity index (χ3v) is 4.62. The molecule has 0 aliphatic heterocycles. The number of benzene rings is 2. The molecule has 22 heavy (non-hydrogen) atoms. The second kappa shape index (κ2) is 6.19. The zero-order valence-electron chi connectivity index (χ0n) is 12.6. The highest BCUT2D eigenvalue weighted by Gasteiger charge is 2.16. The van der Waals surface area contributed by atoms with Crippen LogP contribution < -0.4 is 4.72 Å². The van der Waals surface area contributed by atoms with E-state index < -0.39 is 16.0 Å². The highest BCUT2D eigenvalue weighted by atomic mass is 32.2. The molecule has 0 bridgehead atoms. The van der Waals surface area contributed by atoms with Crippen molar-refractivity contribution in [3.05, 3.63) is 59.2 Å². The molecule has 0 saturated carbocycles. The minimum atomic E-state index is -3.70. The minimum absolute atomic E-state index is 0.168. The topological polar surface area (TPSA) is 72.5 Å². The monoisotopic (exact) mass is 319 g/mol. The zero-order valence-corrected chi connectivity index (χ0v) is 13.4. The third kappa shape index (κ3) is 3.46. The second-order valence-corrected chi connectivity index (χ2v) is 6.62. The van der Waals surface area contributed by atoms with Crippen molar-refractivity contribution in [1.82, 2.24) is 0 Å². The standard InChI is InChI=1S/C16H17NO4S/c1-11-4-8-14(9-5-11)22(19,20)17-15-10-13(16(18)21-3)7-6-12(15)2/h4-10,17H,1-3H3. The molecule has 0 unspecified atom stereocenters. The Labute approximate surface area is 130 Å². The van der Waals surface area contributed by atoms with Crippen molar-refractivity contribution in [3.8, 4) is 0 Å². The van der Waals surface area contributed by atoms with Gasteiger partial charge in [-0.25, -0.2) is 13.2 Å². The van der Waals surface area contributed by atoms with Crippen LogP contribution in [0.3, 0.4) is 0 Å². The molecule has 2 aromatic carbocycles. The van der Waals surface area contributed by atoms with Crippen LogP contribution in [0, 0.1) is 13.8 Å². The molecule has 0 aliphatic rings. The fraction of sp³-hybridized carbons (Fsp3) is 0.188. The summed E-state index contributed by atoms with van der Waals surface area (Å²) in [5, 5.41) is 0. The average Bonchev–Trinajstić information content (AvgIpc) is 2.49. The summed E-state index contributed by atoms with van der Waals surface area (Å²) in [5.41, 5.74) is 2.32. The molecule has 0 amide bonds. The molecular formula is C16H17NO4S. The molecule has 2 rings (SSSR count). The van der Waals surface area contributed by atoms with Crippen LogP contribution in [-0.4, -0.2) is 21.5 Å². The largest absolute Gasteiger partial charge is 0.465 e. The van der Waals surface area contributed by atoms with Crippen LogP contribution in [0.25, 0.3) is 0 Å². The number of rotatable bonds is 4.